The topological polar surface area (TPSA) is 98.9 Å². The van der Waals surface area contributed by atoms with Gasteiger partial charge in [0.05, 0.1) is 12.7 Å². The minimum Gasteiger partial charge on any atom is -0.465 e. The van der Waals surface area contributed by atoms with Crippen molar-refractivity contribution in [2.75, 3.05) is 13.7 Å². The molecule has 0 aliphatic carbocycles. The highest BCUT2D eigenvalue weighted by Gasteiger charge is 2.50. The number of nitrogens with zero attached hydrogens (tertiary/aromatic N) is 1. The maximum atomic E-state index is 13.0. The van der Waals surface area contributed by atoms with Crippen LogP contribution in [0.3, 0.4) is 0 Å². The molecule has 0 saturated carbocycles. The number of primary amides is 1. The smallest absolute Gasteiger partial charge is 0.411 e. The summed E-state index contributed by atoms with van der Waals surface area (Å²) in [7, 11) is 1.32. The normalized spacial score (nSPS) is 20.9. The van der Waals surface area contributed by atoms with Gasteiger partial charge in [-0.15, -0.1) is 0 Å². The zero-order chi connectivity index (χ0) is 22.8. The fourth-order valence-electron chi connectivity index (χ4n) is 4.19. The maximum Gasteiger partial charge on any atom is 0.411 e. The van der Waals surface area contributed by atoms with Crippen LogP contribution in [-0.4, -0.2) is 48.2 Å². The van der Waals surface area contributed by atoms with Gasteiger partial charge in [-0.25, -0.2) is 9.59 Å². The van der Waals surface area contributed by atoms with Crippen LogP contribution in [0.2, 0.25) is 0 Å². The highest BCUT2D eigenvalue weighted by molar-refractivity contribution is 5.92. The van der Waals surface area contributed by atoms with E-state index in [2.05, 4.69) is 0 Å². The van der Waals surface area contributed by atoms with Gasteiger partial charge < -0.3 is 15.2 Å². The number of nitrogens with two attached hydrogens (primary N) is 1. The molecule has 0 spiro atoms. The highest BCUT2D eigenvalue weighted by atomic mass is 16.6. The van der Waals surface area contributed by atoms with Gasteiger partial charge in [-0.3, -0.25) is 9.69 Å². The number of rotatable bonds is 4. The molecule has 1 unspecified atom stereocenters. The molecule has 1 heterocycles. The first-order chi connectivity index (χ1) is 14.6. The molecule has 1 fully saturated rings. The Balaban J connectivity index is 2.14. The van der Waals surface area contributed by atoms with Crippen LogP contribution < -0.4 is 5.73 Å². The number of carbonyl (C=O) groups excluding carboxylic acids is 3. The molecule has 2 aromatic carbocycles. The molecule has 0 radical (unpaired) electrons. The molecular weight excluding hydrogens is 396 g/mol. The Kier molecular flexibility index (Phi) is 6.34. The fourth-order valence-corrected chi connectivity index (χ4v) is 4.19. The lowest BCUT2D eigenvalue weighted by molar-refractivity contribution is -0.122. The molecule has 1 saturated heterocycles. The predicted molar refractivity (Wildman–Crippen MR) is 116 cm³/mol. The number of hydrogen-bond donors (Lipinski definition) is 1. The average molecular weight is 424 g/mol. The van der Waals surface area contributed by atoms with Gasteiger partial charge in [0.2, 0.25) is 5.91 Å². The molecule has 1 aliphatic heterocycles. The number of esters is 1. The summed E-state index contributed by atoms with van der Waals surface area (Å²) in [6.07, 6.45) is -0.615. The Morgan fingerprint density at radius 2 is 1.61 bits per heavy atom. The summed E-state index contributed by atoms with van der Waals surface area (Å²) in [6.45, 7) is 5.47. The molecule has 3 atom stereocenters. The van der Waals surface area contributed by atoms with E-state index in [0.717, 1.165) is 5.56 Å². The zero-order valence-electron chi connectivity index (χ0n) is 18.2. The van der Waals surface area contributed by atoms with Crippen molar-refractivity contribution in [3.63, 3.8) is 0 Å². The Hall–Kier alpha value is -3.35. The minimum atomic E-state index is -0.923. The third-order valence-electron chi connectivity index (χ3n) is 5.37. The molecule has 2 aromatic rings. The molecule has 0 bridgehead atoms. The summed E-state index contributed by atoms with van der Waals surface area (Å²) in [5.41, 5.74) is 7.01. The lowest BCUT2D eigenvalue weighted by atomic mass is 9.78. The van der Waals surface area contributed by atoms with Crippen LogP contribution in [0.1, 0.15) is 54.1 Å². The van der Waals surface area contributed by atoms with Gasteiger partial charge in [0.1, 0.15) is 11.6 Å². The third-order valence-corrected chi connectivity index (χ3v) is 5.37. The first-order valence-corrected chi connectivity index (χ1v) is 10.1. The molecule has 7 heteroatoms. The fraction of sp³-hybridized carbons (Fsp3) is 0.375. The van der Waals surface area contributed by atoms with Crippen molar-refractivity contribution < 1.29 is 23.9 Å². The Morgan fingerprint density at radius 3 is 2.19 bits per heavy atom. The monoisotopic (exact) mass is 424 g/mol. The lowest BCUT2D eigenvalue weighted by Gasteiger charge is -2.29. The number of likely N-dealkylation sites (tertiary alicyclic amines) is 1. The van der Waals surface area contributed by atoms with E-state index in [1.54, 1.807) is 32.9 Å². The summed E-state index contributed by atoms with van der Waals surface area (Å²) in [5, 5.41) is 0. The number of benzene rings is 2. The van der Waals surface area contributed by atoms with Crippen LogP contribution in [0, 0.1) is 0 Å². The number of ether oxygens (including phenoxy) is 2. The number of carbonyl (C=O) groups is 3. The summed E-state index contributed by atoms with van der Waals surface area (Å²) in [5.74, 6) is -1.91. The Bertz CT molecular complexity index is 967. The van der Waals surface area contributed by atoms with Gasteiger partial charge >= 0.3 is 12.1 Å². The zero-order valence-corrected chi connectivity index (χ0v) is 18.2. The predicted octanol–water partition coefficient (Wildman–Crippen LogP) is 3.45. The van der Waals surface area contributed by atoms with E-state index < -0.39 is 35.5 Å². The van der Waals surface area contributed by atoms with Crippen LogP contribution in [-0.2, 0) is 14.3 Å². The molecule has 2 N–H and O–H groups in total. The van der Waals surface area contributed by atoms with Crippen molar-refractivity contribution >= 4 is 18.0 Å². The first kappa shape index (κ1) is 22.3. The average Bonchev–Trinajstić information content (AvgIpc) is 3.13. The minimum absolute atomic E-state index is 0.177. The molecule has 0 aromatic heterocycles. The van der Waals surface area contributed by atoms with E-state index in [9.17, 15) is 14.4 Å². The standard InChI is InChI=1S/C24H28N2O5/c1-24(2,3)31-23(29)26-14-18(16-12-8-9-13-17(16)22(28)30-4)19(20(26)21(25)27)15-10-6-5-7-11-15/h5-13,18-20H,14H2,1-4H3,(H2,25,27)/t18?,19-,20+/m1/s1. The van der Waals surface area contributed by atoms with Crippen molar-refractivity contribution in [2.24, 2.45) is 5.73 Å². The van der Waals surface area contributed by atoms with Crippen LogP contribution in [0.25, 0.3) is 0 Å². The number of hydrogen-bond acceptors (Lipinski definition) is 5. The number of amides is 2. The van der Waals surface area contributed by atoms with E-state index in [-0.39, 0.29) is 12.5 Å². The second-order valence-corrected chi connectivity index (χ2v) is 8.60. The summed E-state index contributed by atoms with van der Waals surface area (Å²) in [4.78, 5) is 39.4. The Labute approximate surface area is 182 Å². The van der Waals surface area contributed by atoms with Crippen molar-refractivity contribution in [3.05, 3.63) is 71.3 Å². The molecule has 2 amide bonds. The van der Waals surface area contributed by atoms with Crippen LogP contribution in [0.15, 0.2) is 54.6 Å². The van der Waals surface area contributed by atoms with Crippen LogP contribution >= 0.6 is 0 Å². The van der Waals surface area contributed by atoms with E-state index in [1.165, 1.54) is 12.0 Å². The second kappa shape index (κ2) is 8.79. The third kappa shape index (κ3) is 4.71. The summed E-state index contributed by atoms with van der Waals surface area (Å²) >= 11 is 0. The number of methoxy groups -OCH3 is 1. The quantitative estimate of drug-likeness (QED) is 0.758. The van der Waals surface area contributed by atoms with Gasteiger partial charge in [0.15, 0.2) is 0 Å². The first-order valence-electron chi connectivity index (χ1n) is 10.1. The van der Waals surface area contributed by atoms with Crippen molar-refractivity contribution in [2.45, 2.75) is 44.2 Å². The van der Waals surface area contributed by atoms with Crippen molar-refractivity contribution in [1.82, 2.24) is 4.90 Å². The van der Waals surface area contributed by atoms with E-state index in [1.807, 2.05) is 42.5 Å². The van der Waals surface area contributed by atoms with E-state index in [0.29, 0.717) is 11.1 Å². The summed E-state index contributed by atoms with van der Waals surface area (Å²) < 4.78 is 10.5. The summed E-state index contributed by atoms with van der Waals surface area (Å²) in [6, 6.07) is 15.6. The van der Waals surface area contributed by atoms with Crippen LogP contribution in [0.4, 0.5) is 4.79 Å². The maximum absolute atomic E-state index is 13.0. The van der Waals surface area contributed by atoms with Crippen molar-refractivity contribution in [1.29, 1.82) is 0 Å². The van der Waals surface area contributed by atoms with E-state index >= 15 is 0 Å². The van der Waals surface area contributed by atoms with Gasteiger partial charge in [-0.05, 0) is 38.0 Å². The second-order valence-electron chi connectivity index (χ2n) is 8.60. The molecule has 3 rings (SSSR count). The SMILES string of the molecule is COC(=O)c1ccccc1C1CN(C(=O)OC(C)(C)C)[C@H](C(N)=O)[C@@H]1c1ccccc1. The largest absolute Gasteiger partial charge is 0.465 e. The molecule has 7 nitrogen and oxygen atoms in total. The highest BCUT2D eigenvalue weighted by Crippen LogP contribution is 2.45. The Morgan fingerprint density at radius 1 is 1.00 bits per heavy atom. The molecular formula is C24H28N2O5. The van der Waals surface area contributed by atoms with Gasteiger partial charge in [0.25, 0.3) is 0 Å². The van der Waals surface area contributed by atoms with E-state index in [4.69, 9.17) is 15.2 Å². The molecule has 164 valence electrons. The van der Waals surface area contributed by atoms with Crippen molar-refractivity contribution in [3.8, 4) is 0 Å². The molecule has 1 aliphatic rings. The van der Waals surface area contributed by atoms with Crippen LogP contribution in [0.5, 0.6) is 0 Å². The van der Waals surface area contributed by atoms with Gasteiger partial charge in [-0.2, -0.15) is 0 Å². The van der Waals surface area contributed by atoms with Gasteiger partial charge in [0, 0.05) is 18.4 Å². The van der Waals surface area contributed by atoms with Gasteiger partial charge in [-0.1, -0.05) is 48.5 Å². The molecule has 31 heavy (non-hydrogen) atoms. The lowest BCUT2D eigenvalue weighted by Crippen LogP contribution is -2.47.